The Bertz CT molecular complexity index is 539. The van der Waals surface area contributed by atoms with Crippen LogP contribution in [-0.2, 0) is 14.8 Å². The Balaban J connectivity index is 3.56. The van der Waals surface area contributed by atoms with E-state index in [0.29, 0.717) is 0 Å². The predicted octanol–water partition coefficient (Wildman–Crippen LogP) is 1.08. The van der Waals surface area contributed by atoms with E-state index in [1.165, 1.54) is 26.2 Å². The average Bonchev–Trinajstić information content (AvgIpc) is 2.18. The maximum atomic E-state index is 11.3. The van der Waals surface area contributed by atoms with Gasteiger partial charge in [0.2, 0.25) is 10.0 Å². The van der Waals surface area contributed by atoms with Crippen LogP contribution in [0.3, 0.4) is 0 Å². The minimum atomic E-state index is -3.91. The molecule has 16 heavy (non-hydrogen) atoms. The topological polar surface area (TPSA) is 86.5 Å². The molecule has 0 aromatic heterocycles. The molecule has 0 atom stereocenters. The van der Waals surface area contributed by atoms with E-state index in [2.05, 4.69) is 4.74 Å². The average molecular weight is 264 g/mol. The van der Waals surface area contributed by atoms with Gasteiger partial charge in [-0.15, -0.1) is 0 Å². The molecule has 0 unspecified atom stereocenters. The van der Waals surface area contributed by atoms with Crippen LogP contribution < -0.4 is 5.14 Å². The molecule has 0 bridgehead atoms. The van der Waals surface area contributed by atoms with Crippen molar-refractivity contribution in [2.75, 3.05) is 7.11 Å². The molecule has 0 radical (unpaired) electrons. The van der Waals surface area contributed by atoms with Gasteiger partial charge in [0, 0.05) is 5.02 Å². The first-order chi connectivity index (χ1) is 7.27. The normalized spacial score (nSPS) is 11.2. The van der Waals surface area contributed by atoms with Gasteiger partial charge in [-0.1, -0.05) is 11.6 Å². The Morgan fingerprint density at radius 3 is 2.44 bits per heavy atom. The number of hydrogen-bond acceptors (Lipinski definition) is 4. The Morgan fingerprint density at radius 1 is 1.44 bits per heavy atom. The lowest BCUT2D eigenvalue weighted by atomic mass is 10.1. The summed E-state index contributed by atoms with van der Waals surface area (Å²) in [4.78, 5) is 11.2. The first-order valence-electron chi connectivity index (χ1n) is 4.18. The molecular weight excluding hydrogens is 254 g/mol. The van der Waals surface area contributed by atoms with Gasteiger partial charge in [-0.05, 0) is 24.6 Å². The van der Waals surface area contributed by atoms with Crippen LogP contribution in [0.4, 0.5) is 0 Å². The van der Waals surface area contributed by atoms with Crippen LogP contribution in [0, 0.1) is 6.92 Å². The summed E-state index contributed by atoms with van der Waals surface area (Å²) < 4.78 is 27.0. The number of primary sulfonamides is 1. The van der Waals surface area contributed by atoms with E-state index in [4.69, 9.17) is 16.7 Å². The molecule has 1 rings (SSSR count). The number of carbonyl (C=O) groups excluding carboxylic acids is 1. The Hall–Kier alpha value is -1.11. The molecule has 0 fully saturated rings. The fourth-order valence-electron chi connectivity index (χ4n) is 1.27. The molecule has 7 heteroatoms. The zero-order valence-electron chi connectivity index (χ0n) is 8.65. The Kier molecular flexibility index (Phi) is 3.57. The summed E-state index contributed by atoms with van der Waals surface area (Å²) in [5.41, 5.74) is 0.303. The van der Waals surface area contributed by atoms with Gasteiger partial charge in [-0.2, -0.15) is 0 Å². The number of hydrogen-bond donors (Lipinski definition) is 1. The van der Waals surface area contributed by atoms with Crippen molar-refractivity contribution in [3.8, 4) is 0 Å². The maximum absolute atomic E-state index is 11.3. The lowest BCUT2D eigenvalue weighted by molar-refractivity contribution is 0.0599. The molecule has 0 saturated carbocycles. The van der Waals surface area contributed by atoms with Crippen LogP contribution in [0.5, 0.6) is 0 Å². The second-order valence-corrected chi connectivity index (χ2v) is 5.08. The number of rotatable bonds is 2. The first-order valence-corrected chi connectivity index (χ1v) is 6.11. The third-order valence-corrected chi connectivity index (χ3v) is 3.29. The number of sulfonamides is 1. The minimum Gasteiger partial charge on any atom is -0.465 e. The number of halogens is 1. The van der Waals surface area contributed by atoms with E-state index in [9.17, 15) is 13.2 Å². The van der Waals surface area contributed by atoms with Gasteiger partial charge in [0.25, 0.3) is 0 Å². The SMILES string of the molecule is COC(=O)c1cc(Cl)cc(S(N)(=O)=O)c1C. The van der Waals surface area contributed by atoms with Crippen LogP contribution in [-0.4, -0.2) is 21.5 Å². The highest BCUT2D eigenvalue weighted by atomic mass is 35.5. The zero-order valence-corrected chi connectivity index (χ0v) is 10.2. The smallest absolute Gasteiger partial charge is 0.338 e. The van der Waals surface area contributed by atoms with Gasteiger partial charge < -0.3 is 4.74 Å². The summed E-state index contributed by atoms with van der Waals surface area (Å²) in [7, 11) is -2.72. The predicted molar refractivity (Wildman–Crippen MR) is 58.9 cm³/mol. The molecule has 0 heterocycles. The van der Waals surface area contributed by atoms with Gasteiger partial charge in [-0.3, -0.25) is 0 Å². The van der Waals surface area contributed by atoms with Crippen molar-refractivity contribution in [2.24, 2.45) is 5.14 Å². The molecule has 2 N–H and O–H groups in total. The fourth-order valence-corrected chi connectivity index (χ4v) is 2.38. The quantitative estimate of drug-likeness (QED) is 0.809. The molecular formula is C9H10ClNO4S. The maximum Gasteiger partial charge on any atom is 0.338 e. The highest BCUT2D eigenvalue weighted by molar-refractivity contribution is 7.89. The molecule has 0 aliphatic rings. The van der Waals surface area contributed by atoms with Crippen LogP contribution >= 0.6 is 11.6 Å². The largest absolute Gasteiger partial charge is 0.465 e. The summed E-state index contributed by atoms with van der Waals surface area (Å²) in [5.74, 6) is -0.662. The van der Waals surface area contributed by atoms with E-state index >= 15 is 0 Å². The van der Waals surface area contributed by atoms with Crippen LogP contribution in [0.1, 0.15) is 15.9 Å². The number of nitrogens with two attached hydrogens (primary N) is 1. The van der Waals surface area contributed by atoms with Crippen molar-refractivity contribution in [3.63, 3.8) is 0 Å². The van der Waals surface area contributed by atoms with E-state index < -0.39 is 16.0 Å². The van der Waals surface area contributed by atoms with Crippen LogP contribution in [0.25, 0.3) is 0 Å². The second kappa shape index (κ2) is 4.40. The van der Waals surface area contributed by atoms with Crippen molar-refractivity contribution in [1.29, 1.82) is 0 Å². The van der Waals surface area contributed by atoms with Gasteiger partial charge in [-0.25, -0.2) is 18.4 Å². The van der Waals surface area contributed by atoms with Gasteiger partial charge in [0.1, 0.15) is 0 Å². The molecule has 5 nitrogen and oxygen atoms in total. The van der Waals surface area contributed by atoms with Crippen molar-refractivity contribution in [1.82, 2.24) is 0 Å². The molecule has 0 saturated heterocycles. The number of carbonyl (C=O) groups is 1. The van der Waals surface area contributed by atoms with Gasteiger partial charge in [0.15, 0.2) is 0 Å². The van der Waals surface area contributed by atoms with Crippen LogP contribution in [0.2, 0.25) is 5.02 Å². The first kappa shape index (κ1) is 13.0. The van der Waals surface area contributed by atoms with Crippen molar-refractivity contribution >= 4 is 27.6 Å². The molecule has 1 aromatic carbocycles. The van der Waals surface area contributed by atoms with Gasteiger partial charge in [0.05, 0.1) is 17.6 Å². The summed E-state index contributed by atoms with van der Waals surface area (Å²) >= 11 is 5.70. The number of esters is 1. The Labute approximate surface area is 98.2 Å². The zero-order chi connectivity index (χ0) is 12.5. The van der Waals surface area contributed by atoms with Gasteiger partial charge >= 0.3 is 5.97 Å². The lowest BCUT2D eigenvalue weighted by Gasteiger charge is -2.09. The van der Waals surface area contributed by atoms with Crippen LogP contribution in [0.15, 0.2) is 17.0 Å². The van der Waals surface area contributed by atoms with Crippen molar-refractivity contribution in [2.45, 2.75) is 11.8 Å². The molecule has 0 aliphatic carbocycles. The van der Waals surface area contributed by atoms with E-state index in [1.807, 2.05) is 0 Å². The summed E-state index contributed by atoms with van der Waals surface area (Å²) in [6, 6.07) is 2.52. The summed E-state index contributed by atoms with van der Waals surface area (Å²) in [6.07, 6.45) is 0. The monoisotopic (exact) mass is 263 g/mol. The molecule has 88 valence electrons. The van der Waals surface area contributed by atoms with E-state index in [1.54, 1.807) is 0 Å². The molecule has 1 aromatic rings. The minimum absolute atomic E-state index is 0.0824. The standard InChI is InChI=1S/C9H10ClNO4S/c1-5-7(9(12)15-2)3-6(10)4-8(5)16(11,13)14/h3-4H,1-2H3,(H2,11,13,14). The molecule has 0 spiro atoms. The number of methoxy groups -OCH3 is 1. The summed E-state index contributed by atoms with van der Waals surface area (Å²) in [5, 5.41) is 5.10. The highest BCUT2D eigenvalue weighted by Crippen LogP contribution is 2.24. The van der Waals surface area contributed by atoms with Crippen molar-refractivity contribution < 1.29 is 17.9 Å². The number of ether oxygens (including phenoxy) is 1. The highest BCUT2D eigenvalue weighted by Gasteiger charge is 2.19. The lowest BCUT2D eigenvalue weighted by Crippen LogP contribution is -2.16. The third kappa shape index (κ3) is 2.52. The molecule has 0 aliphatic heterocycles. The third-order valence-electron chi connectivity index (χ3n) is 2.04. The summed E-state index contributed by atoms with van der Waals surface area (Å²) in [6.45, 7) is 1.46. The Morgan fingerprint density at radius 2 is 2.00 bits per heavy atom. The fraction of sp³-hybridized carbons (Fsp3) is 0.222. The van der Waals surface area contributed by atoms with E-state index in [0.717, 1.165) is 0 Å². The van der Waals surface area contributed by atoms with E-state index in [-0.39, 0.29) is 21.0 Å². The second-order valence-electron chi connectivity index (χ2n) is 3.11. The molecule has 0 amide bonds. The number of benzene rings is 1. The van der Waals surface area contributed by atoms with Crippen molar-refractivity contribution in [3.05, 3.63) is 28.3 Å².